The van der Waals surface area contributed by atoms with Crippen molar-refractivity contribution in [3.63, 3.8) is 0 Å². The number of nitrogens with zero attached hydrogens (tertiary/aromatic N) is 4. The first-order chi connectivity index (χ1) is 8.72. The van der Waals surface area contributed by atoms with E-state index in [4.69, 9.17) is 0 Å². The normalized spacial score (nSPS) is 10.6. The number of hydrogen-bond donors (Lipinski definition) is 0. The molecule has 0 saturated carbocycles. The Morgan fingerprint density at radius 2 is 1.94 bits per heavy atom. The fourth-order valence-electron chi connectivity index (χ4n) is 1.59. The Hall–Kier alpha value is -1.04. The van der Waals surface area contributed by atoms with Crippen LogP contribution in [-0.2, 0) is 0 Å². The van der Waals surface area contributed by atoms with Crippen LogP contribution in [-0.4, -0.2) is 44.5 Å². The van der Waals surface area contributed by atoms with Gasteiger partial charge in [-0.05, 0) is 19.3 Å². The lowest BCUT2D eigenvalue weighted by Crippen LogP contribution is -2.36. The zero-order valence-electron chi connectivity index (χ0n) is 11.4. The number of thioether (sulfide) groups is 1. The largest absolute Gasteiger partial charge is 0.346 e. The fraction of sp³-hybridized carbons (Fsp3) is 0.750. The molecule has 1 rings (SSSR count). The zero-order valence-corrected chi connectivity index (χ0v) is 12.2. The predicted octanol–water partition coefficient (Wildman–Crippen LogP) is 2.87. The Balaban J connectivity index is 2.65. The van der Waals surface area contributed by atoms with Crippen LogP contribution in [0.5, 0.6) is 0 Å². The van der Waals surface area contributed by atoms with E-state index >= 15 is 0 Å². The molecular formula is C12H22N4OS. The molecule has 0 bridgehead atoms. The van der Waals surface area contributed by atoms with E-state index < -0.39 is 0 Å². The zero-order chi connectivity index (χ0) is 13.4. The van der Waals surface area contributed by atoms with Crippen LogP contribution in [0, 0.1) is 0 Å². The van der Waals surface area contributed by atoms with Crippen molar-refractivity contribution in [1.82, 2.24) is 19.7 Å². The van der Waals surface area contributed by atoms with Crippen molar-refractivity contribution >= 4 is 17.8 Å². The van der Waals surface area contributed by atoms with Gasteiger partial charge in [0, 0.05) is 18.8 Å². The van der Waals surface area contributed by atoms with Gasteiger partial charge in [-0.25, -0.2) is 9.78 Å². The maximum atomic E-state index is 12.2. The molecule has 0 N–H and O–H groups in total. The van der Waals surface area contributed by atoms with Gasteiger partial charge < -0.3 is 4.90 Å². The van der Waals surface area contributed by atoms with E-state index in [1.165, 1.54) is 11.0 Å². The third kappa shape index (κ3) is 4.33. The third-order valence-corrected chi connectivity index (χ3v) is 3.42. The maximum Gasteiger partial charge on any atom is 0.346 e. The average molecular weight is 270 g/mol. The molecule has 0 spiro atoms. The third-order valence-electron chi connectivity index (χ3n) is 2.36. The molecule has 1 aromatic rings. The van der Waals surface area contributed by atoms with E-state index in [2.05, 4.69) is 30.9 Å². The highest BCUT2D eigenvalue weighted by Gasteiger charge is 2.15. The fourth-order valence-corrected chi connectivity index (χ4v) is 2.24. The topological polar surface area (TPSA) is 51.0 Å². The summed E-state index contributed by atoms with van der Waals surface area (Å²) < 4.78 is 1.35. The number of amides is 1. The van der Waals surface area contributed by atoms with Crippen LogP contribution < -0.4 is 0 Å². The summed E-state index contributed by atoms with van der Waals surface area (Å²) in [4.78, 5) is 18.2. The van der Waals surface area contributed by atoms with Gasteiger partial charge >= 0.3 is 6.03 Å². The van der Waals surface area contributed by atoms with Crippen molar-refractivity contribution in [2.45, 2.75) is 45.2 Å². The summed E-state index contributed by atoms with van der Waals surface area (Å²) >= 11 is 1.58. The van der Waals surface area contributed by atoms with E-state index in [1.54, 1.807) is 11.8 Å². The Labute approximate surface area is 113 Å². The van der Waals surface area contributed by atoms with Gasteiger partial charge in [-0.1, -0.05) is 32.5 Å². The van der Waals surface area contributed by atoms with E-state index in [0.717, 1.165) is 38.1 Å². The monoisotopic (exact) mass is 270 g/mol. The van der Waals surface area contributed by atoms with Crippen molar-refractivity contribution in [3.05, 3.63) is 6.33 Å². The highest BCUT2D eigenvalue weighted by Crippen LogP contribution is 2.12. The van der Waals surface area contributed by atoms with Gasteiger partial charge in [0.25, 0.3) is 0 Å². The van der Waals surface area contributed by atoms with Crippen molar-refractivity contribution in [2.24, 2.45) is 0 Å². The van der Waals surface area contributed by atoms with Gasteiger partial charge in [-0.3, -0.25) is 0 Å². The van der Waals surface area contributed by atoms with Gasteiger partial charge in [-0.15, -0.1) is 5.10 Å². The van der Waals surface area contributed by atoms with Crippen molar-refractivity contribution in [3.8, 4) is 0 Å². The molecule has 0 fully saturated rings. The van der Waals surface area contributed by atoms with Crippen molar-refractivity contribution in [2.75, 3.05) is 18.8 Å². The molecule has 0 atom stereocenters. The van der Waals surface area contributed by atoms with E-state index in [1.807, 2.05) is 4.90 Å². The Morgan fingerprint density at radius 3 is 2.50 bits per heavy atom. The number of carbonyl (C=O) groups is 1. The quantitative estimate of drug-likeness (QED) is 0.715. The second kappa shape index (κ2) is 8.13. The average Bonchev–Trinajstić information content (AvgIpc) is 2.84. The van der Waals surface area contributed by atoms with Crippen LogP contribution in [0.25, 0.3) is 0 Å². The predicted molar refractivity (Wildman–Crippen MR) is 74.0 cm³/mol. The summed E-state index contributed by atoms with van der Waals surface area (Å²) in [7, 11) is 0. The summed E-state index contributed by atoms with van der Waals surface area (Å²) in [5.41, 5.74) is 0. The van der Waals surface area contributed by atoms with Gasteiger partial charge in [0.2, 0.25) is 5.16 Å². The highest BCUT2D eigenvalue weighted by atomic mass is 32.2. The molecule has 102 valence electrons. The molecule has 0 radical (unpaired) electrons. The van der Waals surface area contributed by atoms with Gasteiger partial charge in [-0.2, -0.15) is 4.68 Å². The smallest absolute Gasteiger partial charge is 0.323 e. The van der Waals surface area contributed by atoms with E-state index in [9.17, 15) is 4.79 Å². The van der Waals surface area contributed by atoms with E-state index in [-0.39, 0.29) is 6.03 Å². The molecule has 0 aliphatic heterocycles. The van der Waals surface area contributed by atoms with Crippen LogP contribution in [0.1, 0.15) is 40.0 Å². The second-order valence-electron chi connectivity index (χ2n) is 4.09. The number of hydrogen-bond acceptors (Lipinski definition) is 4. The molecule has 0 unspecified atom stereocenters. The van der Waals surface area contributed by atoms with Crippen LogP contribution in [0.15, 0.2) is 11.5 Å². The first kappa shape index (κ1) is 15.0. The first-order valence-corrected chi connectivity index (χ1v) is 7.55. The number of aromatic nitrogens is 3. The summed E-state index contributed by atoms with van der Waals surface area (Å²) in [5.74, 6) is 0.978. The molecule has 1 aromatic heterocycles. The maximum absolute atomic E-state index is 12.2. The summed E-state index contributed by atoms with van der Waals surface area (Å²) in [6.45, 7) is 7.78. The molecule has 1 heterocycles. The lowest BCUT2D eigenvalue weighted by molar-refractivity contribution is 0.196. The first-order valence-electron chi connectivity index (χ1n) is 6.56. The van der Waals surface area contributed by atoms with Gasteiger partial charge in [0.05, 0.1) is 0 Å². The van der Waals surface area contributed by atoms with Gasteiger partial charge in [0.15, 0.2) is 0 Å². The Bertz CT molecular complexity index is 361. The van der Waals surface area contributed by atoms with Crippen molar-refractivity contribution < 1.29 is 4.79 Å². The molecular weight excluding hydrogens is 248 g/mol. The molecule has 0 aliphatic carbocycles. The minimum atomic E-state index is -0.0745. The standard InChI is InChI=1S/C12H22N4OS/c1-4-7-15(8-5-2)12(17)16-10-13-11(14-16)18-9-6-3/h10H,4-9H2,1-3H3. The Morgan fingerprint density at radius 1 is 1.28 bits per heavy atom. The SMILES string of the molecule is CCCSc1ncn(C(=O)N(CCC)CCC)n1. The molecule has 5 nitrogen and oxygen atoms in total. The highest BCUT2D eigenvalue weighted by molar-refractivity contribution is 7.99. The summed E-state index contributed by atoms with van der Waals surface area (Å²) in [5, 5.41) is 4.89. The molecule has 0 aliphatic rings. The van der Waals surface area contributed by atoms with Gasteiger partial charge in [0.1, 0.15) is 6.33 Å². The minimum Gasteiger partial charge on any atom is -0.323 e. The van der Waals surface area contributed by atoms with Crippen LogP contribution >= 0.6 is 11.8 Å². The lowest BCUT2D eigenvalue weighted by Gasteiger charge is -2.20. The number of rotatable bonds is 7. The molecule has 0 saturated heterocycles. The molecule has 0 aromatic carbocycles. The van der Waals surface area contributed by atoms with Crippen LogP contribution in [0.3, 0.4) is 0 Å². The Kier molecular flexibility index (Phi) is 6.78. The van der Waals surface area contributed by atoms with E-state index in [0.29, 0.717) is 5.16 Å². The van der Waals surface area contributed by atoms with Crippen molar-refractivity contribution in [1.29, 1.82) is 0 Å². The lowest BCUT2D eigenvalue weighted by atomic mass is 10.4. The second-order valence-corrected chi connectivity index (χ2v) is 5.15. The summed E-state index contributed by atoms with van der Waals surface area (Å²) in [6.07, 6.45) is 4.50. The summed E-state index contributed by atoms with van der Waals surface area (Å²) in [6, 6.07) is -0.0745. The van der Waals surface area contributed by atoms with Crippen LogP contribution in [0.2, 0.25) is 0 Å². The molecule has 1 amide bonds. The number of carbonyl (C=O) groups excluding carboxylic acids is 1. The molecule has 18 heavy (non-hydrogen) atoms. The minimum absolute atomic E-state index is 0.0745. The molecule has 6 heteroatoms. The van der Waals surface area contributed by atoms with Crippen LogP contribution in [0.4, 0.5) is 4.79 Å².